The van der Waals surface area contributed by atoms with Crippen LogP contribution in [-0.2, 0) is 11.0 Å². The molecule has 0 saturated heterocycles. The first-order valence-electron chi connectivity index (χ1n) is 13.1. The Labute approximate surface area is 241 Å². The monoisotopic (exact) mass is 591 g/mol. The summed E-state index contributed by atoms with van der Waals surface area (Å²) in [6.07, 6.45) is 1.39. The van der Waals surface area contributed by atoms with Gasteiger partial charge in [-0.3, -0.25) is 4.79 Å². The average molecular weight is 592 g/mol. The van der Waals surface area contributed by atoms with Crippen molar-refractivity contribution in [3.63, 3.8) is 0 Å². The number of methoxy groups -OCH3 is 1. The maximum absolute atomic E-state index is 14.5. The van der Waals surface area contributed by atoms with Crippen LogP contribution in [0.3, 0.4) is 0 Å². The van der Waals surface area contributed by atoms with Crippen LogP contribution in [0.25, 0.3) is 10.9 Å². The molecule has 0 bridgehead atoms. The molecule has 218 valence electrons. The van der Waals surface area contributed by atoms with Gasteiger partial charge in [0, 0.05) is 17.8 Å². The van der Waals surface area contributed by atoms with Gasteiger partial charge < -0.3 is 23.6 Å². The molecule has 0 fully saturated rings. The molecule has 1 N–H and O–H groups in total. The molecular weight excluding hydrogens is 553 g/mol. The molecule has 3 rings (SSSR count). The first-order chi connectivity index (χ1) is 18.4. The Morgan fingerprint density at radius 1 is 1.12 bits per heavy atom. The summed E-state index contributed by atoms with van der Waals surface area (Å²) in [4.78, 5) is 25.6. The highest BCUT2D eigenvalue weighted by molar-refractivity contribution is 6.74. The average Bonchev–Trinajstić information content (AvgIpc) is 2.84. The van der Waals surface area contributed by atoms with Crippen LogP contribution >= 0.6 is 11.6 Å². The van der Waals surface area contributed by atoms with Gasteiger partial charge in [0.2, 0.25) is 5.43 Å². The Morgan fingerprint density at radius 3 is 2.33 bits per heavy atom. The number of nitrogens with zero attached hydrogens (tertiary/aromatic N) is 1. The van der Waals surface area contributed by atoms with Crippen LogP contribution in [0.1, 0.15) is 63.5 Å². The fourth-order valence-electron chi connectivity index (χ4n) is 4.11. The van der Waals surface area contributed by atoms with Crippen molar-refractivity contribution in [2.45, 2.75) is 72.3 Å². The molecule has 0 saturated carbocycles. The van der Waals surface area contributed by atoms with Crippen LogP contribution < -0.4 is 14.9 Å². The molecular formula is C30H39ClFNO6Si. The molecule has 1 atom stereocenters. The van der Waals surface area contributed by atoms with E-state index in [1.165, 1.54) is 25.4 Å². The summed E-state index contributed by atoms with van der Waals surface area (Å²) in [5, 5.41) is 10.0. The highest BCUT2D eigenvalue weighted by Crippen LogP contribution is 2.41. The molecule has 1 unspecified atom stereocenters. The van der Waals surface area contributed by atoms with Crippen LogP contribution in [-0.4, -0.2) is 37.7 Å². The molecule has 0 aliphatic heterocycles. The number of hydrogen-bond donors (Lipinski definition) is 1. The fourth-order valence-corrected chi connectivity index (χ4v) is 5.31. The normalized spacial score (nSPS) is 13.4. The number of aromatic nitrogens is 1. The summed E-state index contributed by atoms with van der Waals surface area (Å²) in [6, 6.07) is 7.37. The number of benzene rings is 2. The smallest absolute Gasteiger partial charge is 0.341 e. The third-order valence-corrected chi connectivity index (χ3v) is 12.5. The van der Waals surface area contributed by atoms with Gasteiger partial charge in [-0.15, -0.1) is 0 Å². The third-order valence-electron chi connectivity index (χ3n) is 7.71. The Bertz CT molecular complexity index is 1470. The summed E-state index contributed by atoms with van der Waals surface area (Å²) < 4.78 is 34.3. The quantitative estimate of drug-likeness (QED) is 0.257. The molecule has 0 spiro atoms. The molecule has 0 aliphatic rings. The van der Waals surface area contributed by atoms with Crippen LogP contribution in [0.4, 0.5) is 4.39 Å². The molecule has 10 heteroatoms. The second kappa shape index (κ2) is 11.5. The van der Waals surface area contributed by atoms with E-state index in [0.717, 1.165) is 0 Å². The highest BCUT2D eigenvalue weighted by Gasteiger charge is 2.39. The summed E-state index contributed by atoms with van der Waals surface area (Å²) >= 11 is 5.90. The van der Waals surface area contributed by atoms with E-state index in [0.29, 0.717) is 17.9 Å². The molecule has 0 radical (unpaired) electrons. The Balaban J connectivity index is 2.20. The van der Waals surface area contributed by atoms with Crippen LogP contribution in [0.2, 0.25) is 23.2 Å². The van der Waals surface area contributed by atoms with Gasteiger partial charge in [0.05, 0.1) is 35.7 Å². The molecule has 1 aromatic heterocycles. The fraction of sp³-hybridized carbons (Fsp3) is 0.467. The maximum atomic E-state index is 14.5. The number of aromatic carboxylic acids is 1. The van der Waals surface area contributed by atoms with E-state index in [1.54, 1.807) is 22.8 Å². The number of carboxylic acids is 1. The Morgan fingerprint density at radius 2 is 1.77 bits per heavy atom. The maximum Gasteiger partial charge on any atom is 0.341 e. The summed E-state index contributed by atoms with van der Waals surface area (Å²) in [5.74, 6) is -1.46. The lowest BCUT2D eigenvalue weighted by atomic mass is 9.86. The number of ether oxygens (including phenoxy) is 2. The Kier molecular flexibility index (Phi) is 9.13. The zero-order valence-electron chi connectivity index (χ0n) is 24.6. The van der Waals surface area contributed by atoms with Gasteiger partial charge in [-0.25, -0.2) is 9.18 Å². The van der Waals surface area contributed by atoms with Crippen molar-refractivity contribution in [1.82, 2.24) is 4.57 Å². The lowest BCUT2D eigenvalue weighted by Crippen LogP contribution is -2.43. The zero-order valence-corrected chi connectivity index (χ0v) is 26.4. The van der Waals surface area contributed by atoms with Gasteiger partial charge in [0.1, 0.15) is 18.0 Å². The number of fused-ring (bicyclic) bond motifs is 1. The number of carbonyl (C=O) groups is 1. The van der Waals surface area contributed by atoms with Crippen molar-refractivity contribution in [2.24, 2.45) is 5.41 Å². The molecule has 40 heavy (non-hydrogen) atoms. The predicted octanol–water partition coefficient (Wildman–Crippen LogP) is 7.69. The van der Waals surface area contributed by atoms with Crippen molar-refractivity contribution >= 4 is 36.8 Å². The molecule has 7 nitrogen and oxygen atoms in total. The molecule has 3 aromatic rings. The second-order valence-corrected chi connectivity index (χ2v) is 17.8. The standard InChI is InChI=1S/C30H39ClFNO6Si/c1-29(2,3)25(17-39-40(8,9)30(4,5)6)33-15-20(28(35)36)27(34)19-13-24(23(37-7)14-22(19)33)38-16-18-11-10-12-21(31)26(18)32/h10-15,25H,16-17H2,1-9H3,(H,35,36). The van der Waals surface area contributed by atoms with Gasteiger partial charge in [-0.05, 0) is 35.7 Å². The van der Waals surface area contributed by atoms with E-state index in [2.05, 4.69) is 33.9 Å². The van der Waals surface area contributed by atoms with Crippen molar-refractivity contribution in [3.8, 4) is 11.5 Å². The van der Waals surface area contributed by atoms with Gasteiger partial charge in [0.15, 0.2) is 19.8 Å². The van der Waals surface area contributed by atoms with E-state index in [4.69, 9.17) is 25.5 Å². The molecule has 0 aliphatic carbocycles. The minimum absolute atomic E-state index is 0.0226. The lowest BCUT2D eigenvalue weighted by molar-refractivity contribution is 0.0693. The molecule has 2 aromatic carbocycles. The van der Waals surface area contributed by atoms with E-state index < -0.39 is 25.5 Å². The predicted molar refractivity (Wildman–Crippen MR) is 159 cm³/mol. The summed E-state index contributed by atoms with van der Waals surface area (Å²) in [5.41, 5.74) is -0.690. The van der Waals surface area contributed by atoms with E-state index in [1.807, 2.05) is 20.8 Å². The van der Waals surface area contributed by atoms with Gasteiger partial charge in [-0.1, -0.05) is 65.3 Å². The second-order valence-electron chi connectivity index (χ2n) is 12.6. The minimum Gasteiger partial charge on any atom is -0.493 e. The summed E-state index contributed by atoms with van der Waals surface area (Å²) in [6.45, 7) is 17.1. The molecule has 1 heterocycles. The van der Waals surface area contributed by atoms with Gasteiger partial charge in [-0.2, -0.15) is 0 Å². The zero-order chi connectivity index (χ0) is 30.2. The lowest BCUT2D eigenvalue weighted by Gasteiger charge is -2.40. The minimum atomic E-state index is -2.15. The first-order valence-corrected chi connectivity index (χ1v) is 16.4. The van der Waals surface area contributed by atoms with Crippen molar-refractivity contribution in [2.75, 3.05) is 13.7 Å². The highest BCUT2D eigenvalue weighted by atomic mass is 35.5. The topological polar surface area (TPSA) is 87.0 Å². The molecule has 0 amide bonds. The largest absolute Gasteiger partial charge is 0.493 e. The number of pyridine rings is 1. The van der Waals surface area contributed by atoms with E-state index >= 15 is 0 Å². The number of carboxylic acid groups (broad SMARTS) is 1. The SMILES string of the molecule is COc1cc2c(cc1OCc1cccc(Cl)c1F)c(=O)c(C(=O)O)cn2C(CO[Si](C)(C)C(C)(C)C)C(C)(C)C. The number of hydrogen-bond acceptors (Lipinski definition) is 5. The summed E-state index contributed by atoms with van der Waals surface area (Å²) in [7, 11) is -0.686. The Hall–Kier alpha value is -2.88. The number of halogens is 2. The van der Waals surface area contributed by atoms with Crippen LogP contribution in [0, 0.1) is 11.2 Å². The van der Waals surface area contributed by atoms with Crippen molar-refractivity contribution < 1.29 is 28.2 Å². The van der Waals surface area contributed by atoms with Gasteiger partial charge >= 0.3 is 5.97 Å². The third kappa shape index (κ3) is 6.53. The van der Waals surface area contributed by atoms with Crippen molar-refractivity contribution in [3.05, 3.63) is 68.7 Å². The van der Waals surface area contributed by atoms with Crippen LogP contribution in [0.5, 0.6) is 11.5 Å². The van der Waals surface area contributed by atoms with E-state index in [9.17, 15) is 19.1 Å². The van der Waals surface area contributed by atoms with E-state index in [-0.39, 0.29) is 50.4 Å². The number of rotatable bonds is 9. The van der Waals surface area contributed by atoms with Crippen LogP contribution in [0.15, 0.2) is 41.3 Å². The van der Waals surface area contributed by atoms with Gasteiger partial charge in [0.25, 0.3) is 0 Å². The first kappa shape index (κ1) is 31.6. The van der Waals surface area contributed by atoms with Crippen molar-refractivity contribution in [1.29, 1.82) is 0 Å².